The zero-order valence-corrected chi connectivity index (χ0v) is 22.4. The average Bonchev–Trinajstić information content (AvgIpc) is 3.56. The zero-order chi connectivity index (χ0) is 26.6. The van der Waals surface area contributed by atoms with Crippen molar-refractivity contribution in [3.05, 3.63) is 53.6 Å². The number of rotatable bonds is 10. The second kappa shape index (κ2) is 11.4. The number of nitrogens with one attached hydrogen (secondary N) is 1. The Morgan fingerprint density at radius 1 is 1.08 bits per heavy atom. The lowest BCUT2D eigenvalue weighted by Crippen LogP contribution is -2.52. The monoisotopic (exact) mass is 529 g/mol. The van der Waals surface area contributed by atoms with Crippen LogP contribution in [-0.2, 0) is 26.2 Å². The molecule has 1 atom stereocenters. The highest BCUT2D eigenvalue weighted by Crippen LogP contribution is 2.36. The van der Waals surface area contributed by atoms with Crippen molar-refractivity contribution in [1.82, 2.24) is 10.2 Å². The quantitative estimate of drug-likeness (QED) is 0.506. The molecule has 1 fully saturated rings. The number of fused-ring (bicyclic) bond motifs is 1. The first-order chi connectivity index (χ1) is 17.7. The van der Waals surface area contributed by atoms with Gasteiger partial charge in [-0.15, -0.1) is 0 Å². The summed E-state index contributed by atoms with van der Waals surface area (Å²) >= 11 is 0. The van der Waals surface area contributed by atoms with Crippen LogP contribution in [-0.4, -0.2) is 56.3 Å². The number of nitrogens with zero attached hydrogens (tertiary/aromatic N) is 2. The summed E-state index contributed by atoms with van der Waals surface area (Å²) in [6.45, 7) is 4.97. The summed E-state index contributed by atoms with van der Waals surface area (Å²) in [4.78, 5) is 28.4. The van der Waals surface area contributed by atoms with E-state index in [4.69, 9.17) is 9.47 Å². The lowest BCUT2D eigenvalue weighted by atomic mass is 10.1. The van der Waals surface area contributed by atoms with Gasteiger partial charge in [0.15, 0.2) is 11.5 Å². The van der Waals surface area contributed by atoms with E-state index in [-0.39, 0.29) is 31.0 Å². The minimum absolute atomic E-state index is 0.0517. The number of benzene rings is 2. The molecule has 0 aromatic heterocycles. The van der Waals surface area contributed by atoms with Crippen LogP contribution in [0.2, 0.25) is 0 Å². The molecule has 1 aliphatic carbocycles. The van der Waals surface area contributed by atoms with Gasteiger partial charge in [-0.25, -0.2) is 8.42 Å². The van der Waals surface area contributed by atoms with Crippen molar-refractivity contribution in [2.45, 2.75) is 65.1 Å². The molecule has 0 spiro atoms. The number of aryl methyl sites for hydroxylation is 1. The van der Waals surface area contributed by atoms with Crippen LogP contribution in [0.25, 0.3) is 0 Å². The van der Waals surface area contributed by atoms with Crippen molar-refractivity contribution in [3.8, 4) is 11.5 Å². The standard InChI is InChI=1S/C27H35N3O6S/c1-4-37(33,34)30(23-12-13-24-25(15-23)36-18-35-24)17-26(31)29(16-21-9-7-8-19(2)14-21)20(3)27(32)28-22-10-5-6-11-22/h7-9,12-15,20,22H,4-6,10-11,16-18H2,1-3H3,(H,28,32)/t20-/m1/s1. The van der Waals surface area contributed by atoms with Crippen molar-refractivity contribution in [3.63, 3.8) is 0 Å². The molecular formula is C27H35N3O6S. The van der Waals surface area contributed by atoms with Gasteiger partial charge in [-0.05, 0) is 51.3 Å². The Morgan fingerprint density at radius 2 is 1.81 bits per heavy atom. The van der Waals surface area contributed by atoms with E-state index in [9.17, 15) is 18.0 Å². The molecule has 10 heteroatoms. The summed E-state index contributed by atoms with van der Waals surface area (Å²) in [7, 11) is -3.81. The molecule has 0 radical (unpaired) electrons. The smallest absolute Gasteiger partial charge is 0.244 e. The van der Waals surface area contributed by atoms with Gasteiger partial charge in [0, 0.05) is 18.7 Å². The first-order valence-corrected chi connectivity index (χ1v) is 14.3. The Hall–Kier alpha value is -3.27. The fourth-order valence-electron chi connectivity index (χ4n) is 4.74. The molecule has 9 nitrogen and oxygen atoms in total. The van der Waals surface area contributed by atoms with E-state index in [1.807, 2.05) is 31.2 Å². The van der Waals surface area contributed by atoms with Gasteiger partial charge in [0.25, 0.3) is 0 Å². The number of hydrogen-bond donors (Lipinski definition) is 1. The number of anilines is 1. The molecule has 1 saturated carbocycles. The summed E-state index contributed by atoms with van der Waals surface area (Å²) in [5.41, 5.74) is 2.20. The largest absolute Gasteiger partial charge is 0.454 e. The summed E-state index contributed by atoms with van der Waals surface area (Å²) in [5.74, 6) is 0.0418. The topological polar surface area (TPSA) is 105 Å². The molecule has 37 heavy (non-hydrogen) atoms. The SMILES string of the molecule is CCS(=O)(=O)N(CC(=O)N(Cc1cccc(C)c1)[C@H](C)C(=O)NC1CCCC1)c1ccc2c(c1)OCO2. The first-order valence-electron chi connectivity index (χ1n) is 12.7. The summed E-state index contributed by atoms with van der Waals surface area (Å²) in [6.07, 6.45) is 4.00. The Kier molecular flexibility index (Phi) is 8.26. The molecule has 0 saturated heterocycles. The minimum atomic E-state index is -3.81. The summed E-state index contributed by atoms with van der Waals surface area (Å²) in [6, 6.07) is 11.8. The molecule has 0 unspecified atom stereocenters. The normalized spacial score (nSPS) is 15.9. The lowest BCUT2D eigenvalue weighted by molar-refractivity contribution is -0.139. The highest BCUT2D eigenvalue weighted by Gasteiger charge is 2.32. The molecule has 4 rings (SSSR count). The first kappa shape index (κ1) is 26.8. The maximum atomic E-state index is 13.8. The predicted octanol–water partition coefficient (Wildman–Crippen LogP) is 3.36. The van der Waals surface area contributed by atoms with Gasteiger partial charge in [-0.3, -0.25) is 13.9 Å². The van der Waals surface area contributed by atoms with Crippen LogP contribution in [0.3, 0.4) is 0 Å². The third-order valence-electron chi connectivity index (χ3n) is 6.93. The molecule has 0 bridgehead atoms. The minimum Gasteiger partial charge on any atom is -0.454 e. The van der Waals surface area contributed by atoms with E-state index in [0.29, 0.717) is 17.2 Å². The average molecular weight is 530 g/mol. The van der Waals surface area contributed by atoms with E-state index in [2.05, 4.69) is 5.32 Å². The van der Waals surface area contributed by atoms with E-state index >= 15 is 0 Å². The molecular weight excluding hydrogens is 494 g/mol. The van der Waals surface area contributed by atoms with Crippen molar-refractivity contribution in [2.75, 3.05) is 23.4 Å². The molecule has 1 N–H and O–H groups in total. The lowest BCUT2D eigenvalue weighted by Gasteiger charge is -2.32. The highest BCUT2D eigenvalue weighted by atomic mass is 32.2. The molecule has 2 aromatic rings. The number of carbonyl (C=O) groups is 2. The zero-order valence-electron chi connectivity index (χ0n) is 21.6. The summed E-state index contributed by atoms with van der Waals surface area (Å²) in [5, 5.41) is 3.07. The van der Waals surface area contributed by atoms with E-state index in [1.54, 1.807) is 25.1 Å². The van der Waals surface area contributed by atoms with Gasteiger partial charge in [-0.1, -0.05) is 42.7 Å². The van der Waals surface area contributed by atoms with Gasteiger partial charge >= 0.3 is 0 Å². The van der Waals surface area contributed by atoms with Crippen LogP contribution in [0.15, 0.2) is 42.5 Å². The Morgan fingerprint density at radius 3 is 2.51 bits per heavy atom. The highest BCUT2D eigenvalue weighted by molar-refractivity contribution is 7.92. The van der Waals surface area contributed by atoms with E-state index in [0.717, 1.165) is 41.1 Å². The number of ether oxygens (including phenoxy) is 2. The van der Waals surface area contributed by atoms with Crippen molar-refractivity contribution in [1.29, 1.82) is 0 Å². The molecule has 200 valence electrons. The predicted molar refractivity (Wildman–Crippen MR) is 141 cm³/mol. The second-order valence-corrected chi connectivity index (χ2v) is 11.8. The van der Waals surface area contributed by atoms with Gasteiger partial charge in [0.05, 0.1) is 11.4 Å². The van der Waals surface area contributed by atoms with Gasteiger partial charge in [0.1, 0.15) is 12.6 Å². The Labute approximate surface area is 218 Å². The van der Waals surface area contributed by atoms with Crippen LogP contribution in [0.5, 0.6) is 11.5 Å². The fraction of sp³-hybridized carbons (Fsp3) is 0.481. The van der Waals surface area contributed by atoms with Crippen molar-refractivity contribution in [2.24, 2.45) is 0 Å². The fourth-order valence-corrected chi connectivity index (χ4v) is 5.80. The third kappa shape index (κ3) is 6.36. The van der Waals surface area contributed by atoms with Crippen LogP contribution in [0, 0.1) is 6.92 Å². The molecule has 1 aliphatic heterocycles. The Balaban J connectivity index is 1.62. The maximum absolute atomic E-state index is 13.8. The maximum Gasteiger partial charge on any atom is 0.244 e. The molecule has 2 aromatic carbocycles. The Bertz CT molecular complexity index is 1240. The van der Waals surface area contributed by atoms with Gasteiger partial charge in [-0.2, -0.15) is 0 Å². The second-order valence-electron chi connectivity index (χ2n) is 9.62. The van der Waals surface area contributed by atoms with E-state index < -0.39 is 28.5 Å². The molecule has 1 heterocycles. The van der Waals surface area contributed by atoms with Crippen molar-refractivity contribution < 1.29 is 27.5 Å². The van der Waals surface area contributed by atoms with Crippen LogP contribution >= 0.6 is 0 Å². The number of carbonyl (C=O) groups excluding carboxylic acids is 2. The third-order valence-corrected chi connectivity index (χ3v) is 8.67. The number of amides is 2. The van der Waals surface area contributed by atoms with Gasteiger partial charge in [0.2, 0.25) is 28.6 Å². The molecule has 2 aliphatic rings. The van der Waals surface area contributed by atoms with Crippen LogP contribution in [0.1, 0.15) is 50.7 Å². The number of sulfonamides is 1. The number of hydrogen-bond acceptors (Lipinski definition) is 6. The molecule has 2 amide bonds. The van der Waals surface area contributed by atoms with E-state index in [1.165, 1.54) is 11.8 Å². The van der Waals surface area contributed by atoms with Crippen molar-refractivity contribution >= 4 is 27.5 Å². The van der Waals surface area contributed by atoms with Gasteiger partial charge < -0.3 is 19.7 Å². The van der Waals surface area contributed by atoms with Crippen LogP contribution < -0.4 is 19.1 Å². The van der Waals surface area contributed by atoms with Crippen LogP contribution in [0.4, 0.5) is 5.69 Å². The summed E-state index contributed by atoms with van der Waals surface area (Å²) < 4.78 is 38.0.